The number of halogens is 1. The van der Waals surface area contributed by atoms with Crippen LogP contribution in [0, 0.1) is 0 Å². The van der Waals surface area contributed by atoms with Crippen LogP contribution < -0.4 is 15.6 Å². The highest BCUT2D eigenvalue weighted by Crippen LogP contribution is 2.26. The van der Waals surface area contributed by atoms with Crippen LogP contribution in [0.5, 0.6) is 5.75 Å². The highest BCUT2D eigenvalue weighted by molar-refractivity contribution is 7.13. The fraction of sp³-hybridized carbons (Fsp3) is 0.0952. The van der Waals surface area contributed by atoms with Crippen LogP contribution in [-0.4, -0.2) is 17.5 Å². The van der Waals surface area contributed by atoms with Crippen molar-refractivity contribution >= 4 is 50.6 Å². The monoisotopic (exact) mass is 425 g/mol. The molecule has 0 atom stereocenters. The molecule has 0 spiro atoms. The van der Waals surface area contributed by atoms with E-state index >= 15 is 0 Å². The number of aromatic nitrogens is 1. The molecule has 1 N–H and O–H groups in total. The number of carbonyl (C=O) groups is 1. The van der Waals surface area contributed by atoms with E-state index in [9.17, 15) is 4.79 Å². The number of hydrogen-bond donors (Lipinski definition) is 1. The third kappa shape index (κ3) is 4.31. The van der Waals surface area contributed by atoms with Crippen molar-refractivity contribution in [3.63, 3.8) is 0 Å². The number of para-hydroxylation sites is 1. The Morgan fingerprint density at radius 2 is 2.10 bits per heavy atom. The van der Waals surface area contributed by atoms with E-state index in [0.29, 0.717) is 33.8 Å². The molecule has 0 saturated carbocycles. The zero-order valence-corrected chi connectivity index (χ0v) is 17.0. The van der Waals surface area contributed by atoms with E-state index < -0.39 is 0 Å². The standard InChI is InChI=1S/C21H16ClN3O3S/c1-2-27-17-5-3-4-13-12-16(19(26)25-21-23-10-11-29-21)20(28-18(13)17)24-15-8-6-14(22)7-9-15/h3-12H,2H2,1H3,(H,23,25,26). The van der Waals surface area contributed by atoms with Gasteiger partial charge in [-0.25, -0.2) is 9.98 Å². The number of ether oxygens (including phenoxy) is 1. The van der Waals surface area contributed by atoms with E-state index in [1.807, 2.05) is 25.1 Å². The maximum atomic E-state index is 12.9. The Morgan fingerprint density at radius 1 is 1.28 bits per heavy atom. The molecule has 2 aromatic carbocycles. The summed E-state index contributed by atoms with van der Waals surface area (Å²) in [6.45, 7) is 2.39. The maximum absolute atomic E-state index is 12.9. The first-order chi connectivity index (χ1) is 14.1. The van der Waals surface area contributed by atoms with Crippen molar-refractivity contribution < 1.29 is 13.9 Å². The Balaban J connectivity index is 1.89. The van der Waals surface area contributed by atoms with Crippen molar-refractivity contribution in [2.45, 2.75) is 6.92 Å². The van der Waals surface area contributed by atoms with Gasteiger partial charge in [-0.2, -0.15) is 0 Å². The van der Waals surface area contributed by atoms with Gasteiger partial charge in [0.1, 0.15) is 5.56 Å². The molecule has 0 aliphatic rings. The largest absolute Gasteiger partial charge is 0.490 e. The lowest BCUT2D eigenvalue weighted by Gasteiger charge is -2.09. The molecule has 0 radical (unpaired) electrons. The number of anilines is 1. The summed E-state index contributed by atoms with van der Waals surface area (Å²) in [5, 5.41) is 6.38. The fourth-order valence-electron chi connectivity index (χ4n) is 2.72. The van der Waals surface area contributed by atoms with Gasteiger partial charge in [-0.05, 0) is 43.3 Å². The van der Waals surface area contributed by atoms with Crippen molar-refractivity contribution in [2.75, 3.05) is 11.9 Å². The molecule has 4 aromatic rings. The Hall–Kier alpha value is -3.16. The van der Waals surface area contributed by atoms with Crippen LogP contribution in [0.2, 0.25) is 5.02 Å². The zero-order chi connectivity index (χ0) is 20.2. The van der Waals surface area contributed by atoms with E-state index in [1.54, 1.807) is 41.9 Å². The van der Waals surface area contributed by atoms with E-state index in [4.69, 9.17) is 20.8 Å². The molecule has 0 unspecified atom stereocenters. The normalized spacial score (nSPS) is 11.6. The number of hydrogen-bond acceptors (Lipinski definition) is 6. The molecule has 0 aliphatic carbocycles. The zero-order valence-electron chi connectivity index (χ0n) is 15.4. The second-order valence-corrected chi connectivity index (χ2v) is 7.28. The fourth-order valence-corrected chi connectivity index (χ4v) is 3.37. The molecule has 1 amide bonds. The topological polar surface area (TPSA) is 76.7 Å². The van der Waals surface area contributed by atoms with Gasteiger partial charge < -0.3 is 9.15 Å². The first-order valence-corrected chi connectivity index (χ1v) is 10.1. The SMILES string of the molecule is CCOc1cccc2cc(C(=O)Nc3nccs3)c(=Nc3ccc(Cl)cc3)oc12. The number of benzene rings is 2. The lowest BCUT2D eigenvalue weighted by atomic mass is 10.1. The van der Waals surface area contributed by atoms with Gasteiger partial charge in [0.15, 0.2) is 16.5 Å². The molecular weight excluding hydrogens is 410 g/mol. The molecule has 0 bridgehead atoms. The molecule has 8 heteroatoms. The average molecular weight is 426 g/mol. The molecule has 2 heterocycles. The van der Waals surface area contributed by atoms with Crippen LogP contribution >= 0.6 is 22.9 Å². The molecule has 6 nitrogen and oxygen atoms in total. The Labute approximate surface area is 175 Å². The summed E-state index contributed by atoms with van der Waals surface area (Å²) < 4.78 is 11.7. The van der Waals surface area contributed by atoms with Crippen molar-refractivity contribution in [3.8, 4) is 5.75 Å². The van der Waals surface area contributed by atoms with Gasteiger partial charge in [0, 0.05) is 22.0 Å². The van der Waals surface area contributed by atoms with Gasteiger partial charge in [0.2, 0.25) is 5.55 Å². The second-order valence-electron chi connectivity index (χ2n) is 5.95. The summed E-state index contributed by atoms with van der Waals surface area (Å²) in [4.78, 5) is 21.5. The lowest BCUT2D eigenvalue weighted by Crippen LogP contribution is -2.21. The quantitative estimate of drug-likeness (QED) is 0.462. The number of amides is 1. The molecule has 0 aliphatic heterocycles. The summed E-state index contributed by atoms with van der Waals surface area (Å²) >= 11 is 7.29. The van der Waals surface area contributed by atoms with E-state index in [-0.39, 0.29) is 17.0 Å². The molecule has 29 heavy (non-hydrogen) atoms. The number of nitrogens with zero attached hydrogens (tertiary/aromatic N) is 2. The van der Waals surface area contributed by atoms with Crippen molar-refractivity contribution in [1.82, 2.24) is 4.98 Å². The average Bonchev–Trinajstić information content (AvgIpc) is 3.23. The van der Waals surface area contributed by atoms with Crippen LogP contribution in [0.4, 0.5) is 10.8 Å². The lowest BCUT2D eigenvalue weighted by molar-refractivity contribution is 0.102. The van der Waals surface area contributed by atoms with Crippen LogP contribution in [-0.2, 0) is 0 Å². The molecule has 0 fully saturated rings. The van der Waals surface area contributed by atoms with Gasteiger partial charge >= 0.3 is 0 Å². The van der Waals surface area contributed by atoms with Gasteiger partial charge in [-0.1, -0.05) is 23.7 Å². The van der Waals surface area contributed by atoms with Crippen LogP contribution in [0.25, 0.3) is 11.0 Å². The number of thiazole rings is 1. The molecule has 146 valence electrons. The van der Waals surface area contributed by atoms with E-state index in [1.165, 1.54) is 11.3 Å². The minimum Gasteiger partial charge on any atom is -0.490 e. The minimum atomic E-state index is -0.361. The third-order valence-corrected chi connectivity index (χ3v) is 4.93. The van der Waals surface area contributed by atoms with Crippen molar-refractivity contribution in [1.29, 1.82) is 0 Å². The molecule has 0 saturated heterocycles. The highest BCUT2D eigenvalue weighted by atomic mass is 35.5. The van der Waals surface area contributed by atoms with Crippen LogP contribution in [0.3, 0.4) is 0 Å². The van der Waals surface area contributed by atoms with Gasteiger partial charge in [0.25, 0.3) is 5.91 Å². The van der Waals surface area contributed by atoms with Gasteiger partial charge in [-0.15, -0.1) is 11.3 Å². The van der Waals surface area contributed by atoms with Crippen molar-refractivity contribution in [2.24, 2.45) is 4.99 Å². The number of nitrogens with one attached hydrogen (secondary N) is 1. The predicted octanol–water partition coefficient (Wildman–Crippen LogP) is 5.43. The first kappa shape index (κ1) is 19.2. The maximum Gasteiger partial charge on any atom is 0.262 e. The summed E-state index contributed by atoms with van der Waals surface area (Å²) in [6, 6.07) is 14.2. The van der Waals surface area contributed by atoms with E-state index in [0.717, 1.165) is 5.39 Å². The molecule has 2 aromatic heterocycles. The highest BCUT2D eigenvalue weighted by Gasteiger charge is 2.16. The summed E-state index contributed by atoms with van der Waals surface area (Å²) in [5.74, 6) is 0.226. The number of carbonyl (C=O) groups excluding carboxylic acids is 1. The Morgan fingerprint density at radius 3 is 2.83 bits per heavy atom. The smallest absolute Gasteiger partial charge is 0.262 e. The second kappa shape index (κ2) is 8.46. The Kier molecular flexibility index (Phi) is 5.59. The predicted molar refractivity (Wildman–Crippen MR) is 114 cm³/mol. The first-order valence-electron chi connectivity index (χ1n) is 8.85. The summed E-state index contributed by atoms with van der Waals surface area (Å²) in [7, 11) is 0. The number of rotatable bonds is 5. The van der Waals surface area contributed by atoms with Crippen LogP contribution in [0.15, 0.2) is 69.5 Å². The number of fused-ring (bicyclic) bond motifs is 1. The summed E-state index contributed by atoms with van der Waals surface area (Å²) in [6.07, 6.45) is 1.62. The third-order valence-electron chi connectivity index (χ3n) is 3.99. The Bertz CT molecular complexity index is 1220. The van der Waals surface area contributed by atoms with Gasteiger partial charge in [0.05, 0.1) is 12.3 Å². The molecule has 4 rings (SSSR count). The van der Waals surface area contributed by atoms with Gasteiger partial charge in [-0.3, -0.25) is 10.1 Å². The van der Waals surface area contributed by atoms with Crippen LogP contribution in [0.1, 0.15) is 17.3 Å². The van der Waals surface area contributed by atoms with E-state index in [2.05, 4.69) is 15.3 Å². The van der Waals surface area contributed by atoms with Crippen molar-refractivity contribution in [3.05, 3.63) is 76.2 Å². The molecular formula is C21H16ClN3O3S. The summed E-state index contributed by atoms with van der Waals surface area (Å²) in [5.41, 5.74) is 1.58. The minimum absolute atomic E-state index is 0.168.